The number of hydrogen-bond acceptors (Lipinski definition) is 4. The number of rotatable bonds is 5. The van der Waals surface area contributed by atoms with Gasteiger partial charge in [-0.3, -0.25) is 4.79 Å². The van der Waals surface area contributed by atoms with Crippen molar-refractivity contribution < 1.29 is 17.6 Å². The van der Waals surface area contributed by atoms with Crippen molar-refractivity contribution in [2.24, 2.45) is 11.7 Å². The first-order valence-electron chi connectivity index (χ1n) is 6.37. The molecule has 1 fully saturated rings. The molecule has 0 aromatic heterocycles. The minimum absolute atomic E-state index is 0.0717. The fourth-order valence-corrected chi connectivity index (χ4v) is 4.17. The fourth-order valence-electron chi connectivity index (χ4n) is 2.31. The van der Waals surface area contributed by atoms with Crippen molar-refractivity contribution in [3.05, 3.63) is 35.1 Å². The van der Waals surface area contributed by atoms with Gasteiger partial charge in [-0.25, -0.2) is 12.8 Å². The lowest BCUT2D eigenvalue weighted by Gasteiger charge is -2.10. The lowest BCUT2D eigenvalue weighted by Crippen LogP contribution is -2.24. The summed E-state index contributed by atoms with van der Waals surface area (Å²) in [5, 5.41) is 3.03. The van der Waals surface area contributed by atoms with Gasteiger partial charge in [0.15, 0.2) is 9.84 Å². The third kappa shape index (κ3) is 3.77. The predicted molar refractivity (Wildman–Crippen MR) is 73.4 cm³/mol. The number of sulfone groups is 1. The molecule has 5 nitrogen and oxygen atoms in total. The lowest BCUT2D eigenvalue weighted by atomic mass is 10.1. The molecule has 1 aliphatic heterocycles. The molecule has 0 spiro atoms. The SMILES string of the molecule is NC(=O)c1ccc(F)c(CNCC2CCS(=O)(=O)C2)c1. The maximum atomic E-state index is 13.6. The van der Waals surface area contributed by atoms with E-state index in [1.807, 2.05) is 0 Å². The van der Waals surface area contributed by atoms with Crippen molar-refractivity contribution in [3.8, 4) is 0 Å². The highest BCUT2D eigenvalue weighted by Crippen LogP contribution is 2.17. The monoisotopic (exact) mass is 300 g/mol. The van der Waals surface area contributed by atoms with Gasteiger partial charge >= 0.3 is 0 Å². The van der Waals surface area contributed by atoms with Crippen molar-refractivity contribution in [1.82, 2.24) is 5.32 Å². The van der Waals surface area contributed by atoms with Gasteiger partial charge in [0.1, 0.15) is 5.82 Å². The average Bonchev–Trinajstić information content (AvgIpc) is 2.71. The number of nitrogens with one attached hydrogen (secondary N) is 1. The molecule has 0 radical (unpaired) electrons. The Bertz CT molecular complexity index is 616. The molecule has 0 bridgehead atoms. The number of carbonyl (C=O) groups is 1. The molecule has 1 saturated heterocycles. The van der Waals surface area contributed by atoms with Crippen LogP contribution in [0.25, 0.3) is 0 Å². The van der Waals surface area contributed by atoms with Gasteiger partial charge in [0.05, 0.1) is 11.5 Å². The summed E-state index contributed by atoms with van der Waals surface area (Å²) >= 11 is 0. The Hall–Kier alpha value is -1.47. The third-order valence-corrected chi connectivity index (χ3v) is 5.24. The zero-order valence-electron chi connectivity index (χ0n) is 10.9. The van der Waals surface area contributed by atoms with Crippen molar-refractivity contribution in [2.45, 2.75) is 13.0 Å². The van der Waals surface area contributed by atoms with Gasteiger partial charge in [0.25, 0.3) is 0 Å². The minimum atomic E-state index is -2.89. The molecular weight excluding hydrogens is 283 g/mol. The van der Waals surface area contributed by atoms with E-state index in [1.165, 1.54) is 18.2 Å². The first-order valence-corrected chi connectivity index (χ1v) is 8.19. The van der Waals surface area contributed by atoms with Crippen LogP contribution >= 0.6 is 0 Å². The van der Waals surface area contributed by atoms with Crippen molar-refractivity contribution in [2.75, 3.05) is 18.1 Å². The average molecular weight is 300 g/mol. The van der Waals surface area contributed by atoms with E-state index in [9.17, 15) is 17.6 Å². The first-order chi connectivity index (χ1) is 9.37. The van der Waals surface area contributed by atoms with Crippen LogP contribution in [0.15, 0.2) is 18.2 Å². The van der Waals surface area contributed by atoms with E-state index in [0.29, 0.717) is 18.5 Å². The highest BCUT2D eigenvalue weighted by molar-refractivity contribution is 7.91. The summed E-state index contributed by atoms with van der Waals surface area (Å²) in [7, 11) is -2.89. The van der Waals surface area contributed by atoms with Crippen molar-refractivity contribution in [1.29, 1.82) is 0 Å². The van der Waals surface area contributed by atoms with Gasteiger partial charge < -0.3 is 11.1 Å². The largest absolute Gasteiger partial charge is 0.366 e. The van der Waals surface area contributed by atoms with E-state index < -0.39 is 21.6 Å². The number of halogens is 1. The fraction of sp³-hybridized carbons (Fsp3) is 0.462. The summed E-state index contributed by atoms with van der Waals surface area (Å²) in [5.41, 5.74) is 5.75. The maximum absolute atomic E-state index is 13.6. The van der Waals surface area contributed by atoms with E-state index in [0.717, 1.165) is 0 Å². The number of primary amides is 1. The van der Waals surface area contributed by atoms with Crippen molar-refractivity contribution in [3.63, 3.8) is 0 Å². The van der Waals surface area contributed by atoms with Gasteiger partial charge in [0, 0.05) is 17.7 Å². The molecule has 0 aliphatic carbocycles. The number of hydrogen-bond donors (Lipinski definition) is 2. The van der Waals surface area contributed by atoms with Crippen LogP contribution in [0.2, 0.25) is 0 Å². The standard InChI is InChI=1S/C13H17FN2O3S/c14-12-2-1-10(13(15)17)5-11(12)7-16-6-9-3-4-20(18,19)8-9/h1-2,5,9,16H,3-4,6-8H2,(H2,15,17). The Morgan fingerprint density at radius 1 is 1.45 bits per heavy atom. The summed E-state index contributed by atoms with van der Waals surface area (Å²) in [6.45, 7) is 0.753. The second kappa shape index (κ2) is 5.88. The van der Waals surface area contributed by atoms with Crippen LogP contribution in [0, 0.1) is 11.7 Å². The highest BCUT2D eigenvalue weighted by Gasteiger charge is 2.27. The van der Waals surface area contributed by atoms with E-state index in [1.54, 1.807) is 0 Å². The molecule has 3 N–H and O–H groups in total. The maximum Gasteiger partial charge on any atom is 0.248 e. The van der Waals surface area contributed by atoms with Crippen LogP contribution in [0.4, 0.5) is 4.39 Å². The number of carbonyl (C=O) groups excluding carboxylic acids is 1. The molecule has 7 heteroatoms. The zero-order chi connectivity index (χ0) is 14.8. The van der Waals surface area contributed by atoms with Crippen LogP contribution in [0.1, 0.15) is 22.3 Å². The smallest absolute Gasteiger partial charge is 0.248 e. The second-order valence-corrected chi connectivity index (χ2v) is 7.30. The summed E-state index contributed by atoms with van der Waals surface area (Å²) < 4.78 is 36.2. The van der Waals surface area contributed by atoms with Gasteiger partial charge in [-0.2, -0.15) is 0 Å². The van der Waals surface area contributed by atoms with Gasteiger partial charge in [0.2, 0.25) is 5.91 Å². The van der Waals surface area contributed by atoms with Crippen LogP contribution in [-0.4, -0.2) is 32.4 Å². The van der Waals surface area contributed by atoms with Crippen molar-refractivity contribution >= 4 is 15.7 Å². The van der Waals surface area contributed by atoms with E-state index in [-0.39, 0.29) is 29.5 Å². The molecule has 20 heavy (non-hydrogen) atoms. The first kappa shape index (κ1) is 14.9. The Kier molecular flexibility index (Phi) is 4.39. The second-order valence-electron chi connectivity index (χ2n) is 5.07. The third-order valence-electron chi connectivity index (χ3n) is 3.41. The molecule has 1 unspecified atom stereocenters. The zero-order valence-corrected chi connectivity index (χ0v) is 11.7. The van der Waals surface area contributed by atoms with Gasteiger partial charge in [-0.1, -0.05) is 0 Å². The van der Waals surface area contributed by atoms with E-state index in [4.69, 9.17) is 5.73 Å². The topological polar surface area (TPSA) is 89.3 Å². The molecular formula is C13H17FN2O3S. The Morgan fingerprint density at radius 2 is 2.20 bits per heavy atom. The summed E-state index contributed by atoms with van der Waals surface area (Å²) in [6, 6.07) is 3.96. The molecule has 0 saturated carbocycles. The molecule has 1 aromatic rings. The van der Waals surface area contributed by atoms with Gasteiger partial charge in [-0.15, -0.1) is 0 Å². The Labute approximate surface area is 117 Å². The predicted octanol–water partition coefficient (Wildman–Crippen LogP) is 0.449. The summed E-state index contributed by atoms with van der Waals surface area (Å²) in [5.74, 6) is -0.536. The summed E-state index contributed by atoms with van der Waals surface area (Å²) in [6.07, 6.45) is 0.638. The molecule has 1 aromatic carbocycles. The molecule has 1 amide bonds. The van der Waals surface area contributed by atoms with Crippen LogP contribution in [0.3, 0.4) is 0 Å². The van der Waals surface area contributed by atoms with E-state index in [2.05, 4.69) is 5.32 Å². The lowest BCUT2D eigenvalue weighted by molar-refractivity contribution is 0.1000. The molecule has 1 atom stereocenters. The minimum Gasteiger partial charge on any atom is -0.366 e. The Morgan fingerprint density at radius 3 is 2.80 bits per heavy atom. The number of benzene rings is 1. The number of nitrogens with two attached hydrogens (primary N) is 1. The molecule has 1 aliphatic rings. The molecule has 2 rings (SSSR count). The highest BCUT2D eigenvalue weighted by atomic mass is 32.2. The molecule has 1 heterocycles. The quantitative estimate of drug-likeness (QED) is 0.826. The normalized spacial score (nSPS) is 20.9. The van der Waals surface area contributed by atoms with Crippen LogP contribution in [-0.2, 0) is 16.4 Å². The summed E-state index contributed by atoms with van der Waals surface area (Å²) in [4.78, 5) is 11.0. The Balaban J connectivity index is 1.91. The van der Waals surface area contributed by atoms with Crippen LogP contribution < -0.4 is 11.1 Å². The number of amides is 1. The van der Waals surface area contributed by atoms with Gasteiger partial charge in [-0.05, 0) is 37.1 Å². The molecule has 110 valence electrons. The van der Waals surface area contributed by atoms with Crippen LogP contribution in [0.5, 0.6) is 0 Å². The van der Waals surface area contributed by atoms with E-state index >= 15 is 0 Å².